The number of nitrogens with zero attached hydrogens (tertiary/aromatic N) is 4. The van der Waals surface area contributed by atoms with Crippen LogP contribution in [0.25, 0.3) is 71.8 Å². The molecule has 12 rings (SSSR count). The molecule has 72 heavy (non-hydrogen) atoms. The molecule has 0 N–H and O–H groups in total. The molecule has 8 aromatic carbocycles. The summed E-state index contributed by atoms with van der Waals surface area (Å²) < 4.78 is 60.4. The Labute approximate surface area is 429 Å². The molecule has 6 heteroatoms. The van der Waals surface area contributed by atoms with E-state index in [0.717, 1.165) is 83.4 Å². The second-order valence-corrected chi connectivity index (χ2v) is 22.2. The molecule has 0 fully saturated rings. The van der Waals surface area contributed by atoms with Crippen molar-refractivity contribution in [3.63, 3.8) is 0 Å². The van der Waals surface area contributed by atoms with Gasteiger partial charge in [-0.25, -0.2) is 4.98 Å². The predicted molar refractivity (Wildman–Crippen MR) is 301 cm³/mol. The predicted octanol–water partition coefficient (Wildman–Crippen LogP) is 18.3. The molecule has 0 amide bonds. The van der Waals surface area contributed by atoms with E-state index in [0.29, 0.717) is 23.7 Å². The first-order valence-electron chi connectivity index (χ1n) is 27.3. The molecule has 0 atom stereocenters. The Morgan fingerprint density at radius 1 is 0.528 bits per heavy atom. The monoisotopic (exact) mass is 946 g/mol. The highest BCUT2D eigenvalue weighted by atomic mass is 16.5. The van der Waals surface area contributed by atoms with Crippen LogP contribution in [0.2, 0.25) is 0 Å². The summed E-state index contributed by atoms with van der Waals surface area (Å²) in [4.78, 5) is 9.43. The maximum Gasteiger partial charge on any atom is 0.145 e. The summed E-state index contributed by atoms with van der Waals surface area (Å²) in [6, 6.07) is 50.3. The molecule has 356 valence electrons. The van der Waals surface area contributed by atoms with Crippen LogP contribution in [0.1, 0.15) is 85.9 Å². The summed E-state index contributed by atoms with van der Waals surface area (Å²) >= 11 is 0. The Morgan fingerprint density at radius 2 is 1.18 bits per heavy atom. The number of benzene rings is 8. The Bertz CT molecular complexity index is 4150. The van der Waals surface area contributed by atoms with Crippen LogP contribution in [-0.2, 0) is 16.2 Å². The van der Waals surface area contributed by atoms with Crippen molar-refractivity contribution >= 4 is 66.5 Å². The van der Waals surface area contributed by atoms with Crippen molar-refractivity contribution in [3.05, 3.63) is 205 Å². The minimum Gasteiger partial charge on any atom is -0.457 e. The van der Waals surface area contributed by atoms with Crippen LogP contribution >= 0.6 is 0 Å². The lowest BCUT2D eigenvalue weighted by Gasteiger charge is -2.29. The third-order valence-electron chi connectivity index (χ3n) is 14.2. The van der Waals surface area contributed by atoms with Crippen molar-refractivity contribution in [1.82, 2.24) is 9.55 Å². The normalized spacial score (nSPS) is 14.2. The van der Waals surface area contributed by atoms with E-state index in [2.05, 4.69) is 168 Å². The van der Waals surface area contributed by atoms with E-state index in [-0.39, 0.29) is 46.0 Å². The summed E-state index contributed by atoms with van der Waals surface area (Å²) in [7, 11) is 0. The molecule has 6 nitrogen and oxygen atoms in total. The number of ether oxygens (including phenoxy) is 1. The van der Waals surface area contributed by atoms with Crippen molar-refractivity contribution in [2.45, 2.75) is 78.6 Å². The summed E-state index contributed by atoms with van der Waals surface area (Å²) in [5.74, 6) is 2.10. The van der Waals surface area contributed by atoms with Gasteiger partial charge >= 0.3 is 0 Å². The number of hydrogen-bond donors (Lipinski definition) is 0. The van der Waals surface area contributed by atoms with Gasteiger partial charge in [0, 0.05) is 51.3 Å². The lowest BCUT2D eigenvalue weighted by atomic mass is 9.78. The van der Waals surface area contributed by atoms with Gasteiger partial charge in [-0.3, -0.25) is 4.57 Å². The van der Waals surface area contributed by atoms with E-state index in [1.54, 1.807) is 0 Å². The van der Waals surface area contributed by atoms with E-state index in [1.807, 2.05) is 66.9 Å². The topological polar surface area (TPSA) is 46.7 Å². The molecule has 0 aliphatic carbocycles. The van der Waals surface area contributed by atoms with Crippen molar-refractivity contribution in [2.75, 3.05) is 16.5 Å². The first-order chi connectivity index (χ1) is 36.7. The van der Waals surface area contributed by atoms with E-state index in [4.69, 9.17) is 18.3 Å². The van der Waals surface area contributed by atoms with Gasteiger partial charge in [0.25, 0.3) is 0 Å². The lowest BCUT2D eigenvalue weighted by Crippen LogP contribution is -2.25. The molecule has 0 bridgehead atoms. The van der Waals surface area contributed by atoms with Crippen molar-refractivity contribution in [2.24, 2.45) is 0 Å². The highest BCUT2D eigenvalue weighted by Crippen LogP contribution is 2.51. The molecule has 0 saturated heterocycles. The van der Waals surface area contributed by atoms with Crippen molar-refractivity contribution in [3.8, 4) is 39.6 Å². The Balaban J connectivity index is 0.987. The number of anilines is 4. The highest BCUT2D eigenvalue weighted by Gasteiger charge is 2.32. The fourth-order valence-electron chi connectivity index (χ4n) is 10.4. The molecule has 0 saturated carbocycles. The number of rotatable bonds is 7. The molecule has 0 spiro atoms. The number of furan rings is 1. The van der Waals surface area contributed by atoms with Gasteiger partial charge in [0.1, 0.15) is 35.2 Å². The minimum absolute atomic E-state index is 0.0984. The standard InChI is InChI=1S/C66H60N4O2/c1-64(2,3)44-33-34-67-60(38-44)70-57-32-31-53-52-23-13-16-28-59(52)72-63(53)61(57)54-30-29-49(40-58(54)70)71-48-22-17-21-47(39-48)68-41-69(56-27-15-14-26-55(56)68)62-50(42-19-11-10-12-20-42)24-18-25-51(62)43-35-45(65(4,5)6)37-46(36-43)66(7,8)9/h10-40H,41H2,1-9H3/i10D,11D,12D,19D,20D. The van der Waals surface area contributed by atoms with Crippen LogP contribution in [0.5, 0.6) is 11.5 Å². The number of fused-ring (bicyclic) bond motifs is 8. The van der Waals surface area contributed by atoms with Crippen LogP contribution in [0, 0.1) is 0 Å². The van der Waals surface area contributed by atoms with Gasteiger partial charge in [0.15, 0.2) is 0 Å². The summed E-state index contributed by atoms with van der Waals surface area (Å²) in [5.41, 5.74) is 12.7. The van der Waals surface area contributed by atoms with E-state index in [9.17, 15) is 2.74 Å². The van der Waals surface area contributed by atoms with E-state index >= 15 is 0 Å². The average Bonchev–Trinajstić information content (AvgIpc) is 4.32. The molecule has 3 aromatic heterocycles. The molecule has 1 aliphatic heterocycles. The van der Waals surface area contributed by atoms with Crippen LogP contribution in [-0.4, -0.2) is 16.2 Å². The molecule has 4 heterocycles. The molecule has 0 unspecified atom stereocenters. The SMILES string of the molecule is [2H]c1c([2H])c([2H])c(-c2cccc(-c3cc(C(C)(C)C)cc(C(C)(C)C)c3)c2N2CN(c3cccc(Oc4ccc5c6c7oc8ccccc8c7ccc6n(-c6cc(C(C)(C)C)ccn6)c5c4)c3)c3ccccc32)c([2H])c1[2H]. The summed E-state index contributed by atoms with van der Waals surface area (Å²) in [6.07, 6.45) is 1.89. The minimum atomic E-state index is -0.428. The lowest BCUT2D eigenvalue weighted by molar-refractivity contribution is 0.483. The zero-order chi connectivity index (χ0) is 54.0. The van der Waals surface area contributed by atoms with Gasteiger partial charge in [0.2, 0.25) is 0 Å². The first-order valence-corrected chi connectivity index (χ1v) is 24.8. The van der Waals surface area contributed by atoms with Crippen LogP contribution in [0.3, 0.4) is 0 Å². The Hall–Kier alpha value is -8.09. The fourth-order valence-corrected chi connectivity index (χ4v) is 10.4. The fraction of sp³-hybridized carbons (Fsp3) is 0.197. The van der Waals surface area contributed by atoms with Gasteiger partial charge in [-0.15, -0.1) is 0 Å². The number of aromatic nitrogens is 2. The maximum atomic E-state index is 9.27. The smallest absolute Gasteiger partial charge is 0.145 e. The molecule has 0 radical (unpaired) electrons. The van der Waals surface area contributed by atoms with Gasteiger partial charge in [0.05, 0.1) is 40.3 Å². The molecular weight excluding hydrogens is 881 g/mol. The quantitative estimate of drug-likeness (QED) is 0.159. The Kier molecular flexibility index (Phi) is 9.23. The van der Waals surface area contributed by atoms with Gasteiger partial charge in [-0.05, 0) is 111 Å². The van der Waals surface area contributed by atoms with Crippen LogP contribution in [0.15, 0.2) is 192 Å². The highest BCUT2D eigenvalue weighted by molar-refractivity contribution is 6.24. The maximum absolute atomic E-state index is 9.27. The van der Waals surface area contributed by atoms with Gasteiger partial charge < -0.3 is 19.0 Å². The number of pyridine rings is 1. The Morgan fingerprint density at radius 3 is 1.92 bits per heavy atom. The second-order valence-electron chi connectivity index (χ2n) is 22.2. The third-order valence-corrected chi connectivity index (χ3v) is 14.2. The third kappa shape index (κ3) is 7.77. The largest absolute Gasteiger partial charge is 0.457 e. The van der Waals surface area contributed by atoms with Crippen molar-refractivity contribution in [1.29, 1.82) is 0 Å². The summed E-state index contributed by atoms with van der Waals surface area (Å²) in [6.45, 7) is 20.3. The number of para-hydroxylation sites is 4. The number of hydrogen-bond acceptors (Lipinski definition) is 5. The second kappa shape index (κ2) is 16.8. The molecule has 11 aromatic rings. The van der Waals surface area contributed by atoms with E-state index < -0.39 is 6.04 Å². The van der Waals surface area contributed by atoms with Crippen LogP contribution in [0.4, 0.5) is 22.7 Å². The van der Waals surface area contributed by atoms with Gasteiger partial charge in [-0.2, -0.15) is 0 Å². The average molecular weight is 946 g/mol. The van der Waals surface area contributed by atoms with Crippen LogP contribution < -0.4 is 14.5 Å². The molecule has 1 aliphatic rings. The van der Waals surface area contributed by atoms with Crippen molar-refractivity contribution < 1.29 is 16.0 Å². The van der Waals surface area contributed by atoms with Gasteiger partial charge in [-0.1, -0.05) is 165 Å². The zero-order valence-corrected chi connectivity index (χ0v) is 42.3. The first kappa shape index (κ1) is 39.6. The molecular formula is C66H60N4O2. The van der Waals surface area contributed by atoms with E-state index in [1.165, 1.54) is 16.7 Å². The summed E-state index contributed by atoms with van der Waals surface area (Å²) in [5, 5.41) is 4.16. The zero-order valence-electron chi connectivity index (χ0n) is 47.3.